The predicted octanol–water partition coefficient (Wildman–Crippen LogP) is 1.25. The van der Waals surface area contributed by atoms with Crippen LogP contribution in [0.3, 0.4) is 0 Å². The number of rotatable bonds is 5. The van der Waals surface area contributed by atoms with Gasteiger partial charge in [-0.3, -0.25) is 4.79 Å². The van der Waals surface area contributed by atoms with Crippen LogP contribution in [0.2, 0.25) is 0 Å². The lowest BCUT2D eigenvalue weighted by Gasteiger charge is -2.23. The molecule has 0 fully saturated rings. The molecule has 0 saturated carbocycles. The molecule has 6 nitrogen and oxygen atoms in total. The van der Waals surface area contributed by atoms with Crippen molar-refractivity contribution in [3.63, 3.8) is 0 Å². The molecular weight excluding hydrogens is 280 g/mol. The first-order valence-corrected chi connectivity index (χ1v) is 8.10. The summed E-state index contributed by atoms with van der Waals surface area (Å²) in [6.45, 7) is 3.49. The van der Waals surface area contributed by atoms with Crippen molar-refractivity contribution in [2.75, 3.05) is 11.6 Å². The first kappa shape index (κ1) is 16.5. The maximum Gasteiger partial charge on any atom is 0.244 e. The molecule has 1 aromatic carbocycles. The Labute approximate surface area is 118 Å². The highest BCUT2D eigenvalue weighted by Gasteiger charge is 2.28. The first-order valence-electron chi connectivity index (χ1n) is 6.21. The Kier molecular flexibility index (Phi) is 4.77. The van der Waals surface area contributed by atoms with Crippen molar-refractivity contribution in [2.45, 2.75) is 37.1 Å². The van der Waals surface area contributed by atoms with Crippen LogP contribution in [0.1, 0.15) is 26.7 Å². The number of amides is 1. The summed E-state index contributed by atoms with van der Waals surface area (Å²) in [6.07, 6.45) is 2.26. The van der Waals surface area contributed by atoms with Crippen LogP contribution in [0.25, 0.3) is 0 Å². The summed E-state index contributed by atoms with van der Waals surface area (Å²) in [5.41, 5.74) is 4.83. The SMILES string of the molecule is CCCC(C)(N)C(=O)Nc1cc(S(C)(=O)=O)ccc1O. The lowest BCUT2D eigenvalue weighted by atomic mass is 9.96. The lowest BCUT2D eigenvalue weighted by molar-refractivity contribution is -0.120. The van der Waals surface area contributed by atoms with Gasteiger partial charge in [0.1, 0.15) is 5.75 Å². The van der Waals surface area contributed by atoms with Gasteiger partial charge < -0.3 is 16.2 Å². The quantitative estimate of drug-likeness (QED) is 0.709. The number of hydrogen-bond donors (Lipinski definition) is 3. The fraction of sp³-hybridized carbons (Fsp3) is 0.462. The van der Waals surface area contributed by atoms with E-state index in [9.17, 15) is 18.3 Å². The zero-order valence-electron chi connectivity index (χ0n) is 11.8. The number of sulfone groups is 1. The largest absolute Gasteiger partial charge is 0.506 e. The summed E-state index contributed by atoms with van der Waals surface area (Å²) in [6, 6.07) is 3.71. The molecule has 20 heavy (non-hydrogen) atoms. The van der Waals surface area contributed by atoms with Gasteiger partial charge in [0.05, 0.1) is 16.1 Å². The van der Waals surface area contributed by atoms with Gasteiger partial charge in [-0.25, -0.2) is 8.42 Å². The minimum Gasteiger partial charge on any atom is -0.506 e. The van der Waals surface area contributed by atoms with E-state index in [0.717, 1.165) is 12.7 Å². The highest BCUT2D eigenvalue weighted by molar-refractivity contribution is 7.90. The normalized spacial score (nSPS) is 14.6. The number of nitrogens with two attached hydrogens (primary N) is 1. The topological polar surface area (TPSA) is 109 Å². The third-order valence-corrected chi connectivity index (χ3v) is 4.04. The van der Waals surface area contributed by atoms with Crippen molar-refractivity contribution < 1.29 is 18.3 Å². The Morgan fingerprint density at radius 1 is 1.45 bits per heavy atom. The molecule has 0 radical (unpaired) electrons. The molecule has 1 aromatic rings. The van der Waals surface area contributed by atoms with Gasteiger partial charge in [0, 0.05) is 6.26 Å². The van der Waals surface area contributed by atoms with Gasteiger partial charge in [-0.05, 0) is 31.5 Å². The molecule has 1 amide bonds. The van der Waals surface area contributed by atoms with Gasteiger partial charge in [-0.15, -0.1) is 0 Å². The van der Waals surface area contributed by atoms with Crippen LogP contribution in [0.15, 0.2) is 23.1 Å². The number of carbonyl (C=O) groups excluding carboxylic acids is 1. The second-order valence-corrected chi connectivity index (χ2v) is 7.09. The van der Waals surface area contributed by atoms with Crippen molar-refractivity contribution in [2.24, 2.45) is 5.73 Å². The third kappa shape index (κ3) is 3.94. The van der Waals surface area contributed by atoms with Gasteiger partial charge in [0.15, 0.2) is 9.84 Å². The van der Waals surface area contributed by atoms with Crippen molar-refractivity contribution in [3.05, 3.63) is 18.2 Å². The van der Waals surface area contributed by atoms with E-state index in [2.05, 4.69) is 5.32 Å². The average Bonchev–Trinajstić information content (AvgIpc) is 2.30. The van der Waals surface area contributed by atoms with Gasteiger partial charge in [-0.1, -0.05) is 13.3 Å². The van der Waals surface area contributed by atoms with E-state index in [-0.39, 0.29) is 16.3 Å². The van der Waals surface area contributed by atoms with Crippen molar-refractivity contribution >= 4 is 21.4 Å². The molecule has 0 bridgehead atoms. The lowest BCUT2D eigenvalue weighted by Crippen LogP contribution is -2.48. The van der Waals surface area contributed by atoms with Crippen LogP contribution >= 0.6 is 0 Å². The van der Waals surface area contributed by atoms with Gasteiger partial charge in [-0.2, -0.15) is 0 Å². The second kappa shape index (κ2) is 5.80. The zero-order chi connectivity index (χ0) is 15.6. The average molecular weight is 300 g/mol. The summed E-state index contributed by atoms with van der Waals surface area (Å²) < 4.78 is 22.9. The Morgan fingerprint density at radius 3 is 2.55 bits per heavy atom. The van der Waals surface area contributed by atoms with E-state index in [1.54, 1.807) is 6.92 Å². The molecule has 0 saturated heterocycles. The van der Waals surface area contributed by atoms with Gasteiger partial charge in [0.2, 0.25) is 5.91 Å². The summed E-state index contributed by atoms with van der Waals surface area (Å²) in [7, 11) is -3.42. The van der Waals surface area contributed by atoms with E-state index >= 15 is 0 Å². The molecule has 0 aromatic heterocycles. The molecule has 7 heteroatoms. The molecular formula is C13H20N2O4S. The van der Waals surface area contributed by atoms with E-state index in [1.807, 2.05) is 6.92 Å². The van der Waals surface area contributed by atoms with Crippen LogP contribution in [0.5, 0.6) is 5.75 Å². The Balaban J connectivity index is 3.07. The van der Waals surface area contributed by atoms with Crippen LogP contribution in [-0.2, 0) is 14.6 Å². The molecule has 4 N–H and O–H groups in total. The Morgan fingerprint density at radius 2 is 2.05 bits per heavy atom. The van der Waals surface area contributed by atoms with Crippen LogP contribution in [0.4, 0.5) is 5.69 Å². The van der Waals surface area contributed by atoms with Crippen LogP contribution in [-0.4, -0.2) is 31.2 Å². The predicted molar refractivity (Wildman–Crippen MR) is 77.3 cm³/mol. The molecule has 0 aliphatic carbocycles. The van der Waals surface area contributed by atoms with Crippen molar-refractivity contribution in [1.82, 2.24) is 0 Å². The number of aromatic hydroxyl groups is 1. The molecule has 1 rings (SSSR count). The summed E-state index contributed by atoms with van der Waals surface area (Å²) in [5, 5.41) is 12.2. The number of nitrogens with one attached hydrogen (secondary N) is 1. The van der Waals surface area contributed by atoms with E-state index in [4.69, 9.17) is 5.73 Å². The maximum atomic E-state index is 12.0. The van der Waals surface area contributed by atoms with Crippen molar-refractivity contribution in [1.29, 1.82) is 0 Å². The molecule has 1 unspecified atom stereocenters. The second-order valence-electron chi connectivity index (χ2n) is 5.07. The first-order chi connectivity index (χ1) is 9.08. The molecule has 112 valence electrons. The molecule has 0 aliphatic heterocycles. The minimum atomic E-state index is -3.42. The third-order valence-electron chi connectivity index (χ3n) is 2.93. The van der Waals surface area contributed by atoms with E-state index in [0.29, 0.717) is 6.42 Å². The summed E-state index contributed by atoms with van der Waals surface area (Å²) >= 11 is 0. The Bertz CT molecular complexity index is 609. The Hall–Kier alpha value is -1.60. The number of hydrogen-bond acceptors (Lipinski definition) is 5. The number of anilines is 1. The van der Waals surface area contributed by atoms with Crippen molar-refractivity contribution in [3.8, 4) is 5.75 Å². The monoisotopic (exact) mass is 300 g/mol. The molecule has 0 heterocycles. The number of carbonyl (C=O) groups is 1. The minimum absolute atomic E-state index is 0.0137. The van der Waals surface area contributed by atoms with E-state index in [1.165, 1.54) is 18.2 Å². The number of benzene rings is 1. The van der Waals surface area contributed by atoms with E-state index < -0.39 is 21.3 Å². The molecule has 0 aliphatic rings. The number of phenols is 1. The fourth-order valence-corrected chi connectivity index (χ4v) is 2.39. The van der Waals surface area contributed by atoms with Gasteiger partial charge >= 0.3 is 0 Å². The zero-order valence-corrected chi connectivity index (χ0v) is 12.6. The standard InChI is InChI=1S/C13H20N2O4S/c1-4-7-13(2,14)12(17)15-10-8-9(20(3,18)19)5-6-11(10)16/h5-6,8,16H,4,7,14H2,1-3H3,(H,15,17). The fourth-order valence-electron chi connectivity index (χ4n) is 1.74. The summed E-state index contributed by atoms with van der Waals surface area (Å²) in [5.74, 6) is -0.682. The highest BCUT2D eigenvalue weighted by atomic mass is 32.2. The molecule has 1 atom stereocenters. The maximum absolute atomic E-state index is 12.0. The molecule has 0 spiro atoms. The highest BCUT2D eigenvalue weighted by Crippen LogP contribution is 2.27. The smallest absolute Gasteiger partial charge is 0.244 e. The van der Waals surface area contributed by atoms with Gasteiger partial charge in [0.25, 0.3) is 0 Å². The van der Waals surface area contributed by atoms with Crippen LogP contribution in [0, 0.1) is 0 Å². The summed E-state index contributed by atoms with van der Waals surface area (Å²) in [4.78, 5) is 12.1. The van der Waals surface area contributed by atoms with Crippen LogP contribution < -0.4 is 11.1 Å². The number of phenolic OH excluding ortho intramolecular Hbond substituents is 1.